The number of carbonyl (C=O) groups is 2. The van der Waals surface area contributed by atoms with Gasteiger partial charge in [0.25, 0.3) is 5.91 Å². The number of thioether (sulfide) groups is 1. The fourth-order valence-corrected chi connectivity index (χ4v) is 3.43. The molecule has 0 spiro atoms. The summed E-state index contributed by atoms with van der Waals surface area (Å²) in [6.45, 7) is 3.85. The Morgan fingerprint density at radius 2 is 2.21 bits per heavy atom. The predicted octanol–water partition coefficient (Wildman–Crippen LogP) is 0.276. The molecule has 104 valence electrons. The molecule has 8 nitrogen and oxygen atoms in total. The van der Waals surface area contributed by atoms with E-state index < -0.39 is 17.9 Å². The Balaban J connectivity index is 2.34. The minimum Gasteiger partial charge on any atom is -0.480 e. The second kappa shape index (κ2) is 5.08. The molecule has 1 amide bonds. The number of rotatable bonds is 3. The first-order chi connectivity index (χ1) is 8.93. The van der Waals surface area contributed by atoms with Crippen molar-refractivity contribution in [3.05, 3.63) is 5.69 Å². The summed E-state index contributed by atoms with van der Waals surface area (Å²) in [5, 5.41) is 15.8. The molecule has 19 heavy (non-hydrogen) atoms. The van der Waals surface area contributed by atoms with E-state index in [9.17, 15) is 14.7 Å². The molecule has 2 unspecified atom stereocenters. The minimum atomic E-state index is -1.04. The van der Waals surface area contributed by atoms with Crippen molar-refractivity contribution in [1.29, 1.82) is 0 Å². The van der Waals surface area contributed by atoms with Gasteiger partial charge in [-0.15, -0.1) is 11.8 Å². The number of hydrogen-bond acceptors (Lipinski definition) is 7. The highest BCUT2D eigenvalue weighted by molar-refractivity contribution is 8.00. The molecule has 1 aromatic heterocycles. The van der Waals surface area contributed by atoms with E-state index in [0.717, 1.165) is 0 Å². The molecule has 0 radical (unpaired) electrons. The summed E-state index contributed by atoms with van der Waals surface area (Å²) in [5.41, 5.74) is 5.34. The Morgan fingerprint density at radius 1 is 1.53 bits per heavy atom. The van der Waals surface area contributed by atoms with Crippen molar-refractivity contribution >= 4 is 29.5 Å². The van der Waals surface area contributed by atoms with Gasteiger partial charge in [-0.1, -0.05) is 13.8 Å². The van der Waals surface area contributed by atoms with Gasteiger partial charge in [0.15, 0.2) is 0 Å². The molecule has 1 saturated heterocycles. The maximum Gasteiger partial charge on any atom is 0.327 e. The second-order valence-corrected chi connectivity index (χ2v) is 5.68. The first-order valence-corrected chi connectivity index (χ1v) is 6.73. The highest BCUT2D eigenvalue weighted by Crippen LogP contribution is 2.35. The quantitative estimate of drug-likeness (QED) is 0.812. The summed E-state index contributed by atoms with van der Waals surface area (Å²) in [6.07, 6.45) is 0. The maximum atomic E-state index is 12.4. The highest BCUT2D eigenvalue weighted by Gasteiger charge is 2.44. The molecule has 9 heteroatoms. The van der Waals surface area contributed by atoms with Crippen LogP contribution in [0.4, 0.5) is 5.82 Å². The third-order valence-electron chi connectivity index (χ3n) is 2.84. The molecule has 0 aromatic carbocycles. The smallest absolute Gasteiger partial charge is 0.327 e. The van der Waals surface area contributed by atoms with Gasteiger partial charge in [0.05, 0.1) is 5.37 Å². The highest BCUT2D eigenvalue weighted by atomic mass is 32.2. The molecule has 2 atom stereocenters. The van der Waals surface area contributed by atoms with Crippen molar-refractivity contribution in [2.24, 2.45) is 5.92 Å². The average molecular weight is 286 g/mol. The van der Waals surface area contributed by atoms with Crippen LogP contribution in [0, 0.1) is 5.92 Å². The van der Waals surface area contributed by atoms with Gasteiger partial charge in [0, 0.05) is 5.75 Å². The van der Waals surface area contributed by atoms with Gasteiger partial charge in [-0.25, -0.2) is 9.42 Å². The molecule has 2 rings (SSSR count). The zero-order valence-electron chi connectivity index (χ0n) is 10.4. The van der Waals surface area contributed by atoms with Crippen LogP contribution in [-0.2, 0) is 4.79 Å². The van der Waals surface area contributed by atoms with Crippen molar-refractivity contribution in [3.8, 4) is 0 Å². The lowest BCUT2D eigenvalue weighted by Crippen LogP contribution is -2.47. The fraction of sp³-hybridized carbons (Fsp3) is 0.600. The number of nitrogen functional groups attached to an aromatic ring is 1. The molecular formula is C10H14N4O4S. The van der Waals surface area contributed by atoms with Gasteiger partial charge in [-0.3, -0.25) is 4.79 Å². The van der Waals surface area contributed by atoms with Crippen LogP contribution in [0.2, 0.25) is 0 Å². The lowest BCUT2D eigenvalue weighted by molar-refractivity contribution is -0.141. The summed E-state index contributed by atoms with van der Waals surface area (Å²) in [4.78, 5) is 24.9. The Bertz CT molecular complexity index is 503. The van der Waals surface area contributed by atoms with E-state index in [4.69, 9.17) is 5.73 Å². The Hall–Kier alpha value is -1.77. The van der Waals surface area contributed by atoms with Gasteiger partial charge in [0.1, 0.15) is 6.04 Å². The second-order valence-electron chi connectivity index (χ2n) is 4.53. The third-order valence-corrected chi connectivity index (χ3v) is 4.46. The number of anilines is 1. The molecule has 1 aromatic rings. The lowest BCUT2D eigenvalue weighted by Gasteiger charge is -2.28. The summed E-state index contributed by atoms with van der Waals surface area (Å²) >= 11 is 1.43. The molecule has 0 aliphatic carbocycles. The number of aromatic nitrogens is 2. The summed E-state index contributed by atoms with van der Waals surface area (Å²) in [5.74, 6) is -1.28. The first kappa shape index (κ1) is 13.7. The van der Waals surface area contributed by atoms with E-state index >= 15 is 0 Å². The number of nitrogens with zero attached hydrogens (tertiary/aromatic N) is 3. The van der Waals surface area contributed by atoms with E-state index in [1.54, 1.807) is 0 Å². The van der Waals surface area contributed by atoms with E-state index in [1.807, 2.05) is 13.8 Å². The molecule has 2 heterocycles. The molecule has 1 aliphatic rings. The number of carbonyl (C=O) groups excluding carboxylic acids is 1. The largest absolute Gasteiger partial charge is 0.480 e. The summed E-state index contributed by atoms with van der Waals surface area (Å²) < 4.78 is 4.39. The zero-order valence-corrected chi connectivity index (χ0v) is 11.3. The number of aliphatic carboxylic acids is 1. The number of nitrogens with two attached hydrogens (primary N) is 1. The van der Waals surface area contributed by atoms with Crippen molar-refractivity contribution in [1.82, 2.24) is 15.2 Å². The lowest BCUT2D eigenvalue weighted by atomic mass is 10.1. The van der Waals surface area contributed by atoms with Crippen LogP contribution in [0.1, 0.15) is 24.3 Å². The van der Waals surface area contributed by atoms with Gasteiger partial charge >= 0.3 is 5.97 Å². The van der Waals surface area contributed by atoms with Crippen molar-refractivity contribution < 1.29 is 19.3 Å². The van der Waals surface area contributed by atoms with E-state index in [0.29, 0.717) is 5.75 Å². The fourth-order valence-electron chi connectivity index (χ4n) is 1.95. The van der Waals surface area contributed by atoms with Crippen LogP contribution in [-0.4, -0.2) is 49.4 Å². The molecule has 0 bridgehead atoms. The van der Waals surface area contributed by atoms with Gasteiger partial charge in [-0.05, 0) is 16.2 Å². The standard InChI is InChI=1S/C10H14N4O4S/c1-4(2)9-14(5(3-19-9)10(16)17)8(15)6-7(11)13-18-12-6/h4-5,9H,3H2,1-2H3,(H2,11,13)(H,16,17). The van der Waals surface area contributed by atoms with E-state index in [2.05, 4.69) is 14.9 Å². The average Bonchev–Trinajstić information content (AvgIpc) is 2.93. The monoisotopic (exact) mass is 286 g/mol. The minimum absolute atomic E-state index is 0.111. The molecule has 3 N–H and O–H groups in total. The third kappa shape index (κ3) is 2.37. The normalized spacial score (nSPS) is 23.0. The Morgan fingerprint density at radius 3 is 2.68 bits per heavy atom. The van der Waals surface area contributed by atoms with Gasteiger partial charge in [-0.2, -0.15) is 0 Å². The number of hydrogen-bond donors (Lipinski definition) is 2. The molecule has 1 fully saturated rings. The maximum absolute atomic E-state index is 12.4. The van der Waals surface area contributed by atoms with Crippen molar-refractivity contribution in [2.45, 2.75) is 25.3 Å². The van der Waals surface area contributed by atoms with E-state index in [1.165, 1.54) is 16.7 Å². The summed E-state index contributed by atoms with van der Waals surface area (Å²) in [7, 11) is 0. The summed E-state index contributed by atoms with van der Waals surface area (Å²) in [6, 6.07) is -0.888. The number of carboxylic acid groups (broad SMARTS) is 1. The Kier molecular flexibility index (Phi) is 3.65. The molecule has 0 saturated carbocycles. The Labute approximate surface area is 113 Å². The van der Waals surface area contributed by atoms with Gasteiger partial charge < -0.3 is 15.7 Å². The van der Waals surface area contributed by atoms with Crippen LogP contribution < -0.4 is 5.73 Å². The van der Waals surface area contributed by atoms with Crippen LogP contribution >= 0.6 is 11.8 Å². The number of amides is 1. The van der Waals surface area contributed by atoms with Crippen LogP contribution in [0.15, 0.2) is 4.63 Å². The van der Waals surface area contributed by atoms with E-state index in [-0.39, 0.29) is 22.8 Å². The molecular weight excluding hydrogens is 272 g/mol. The predicted molar refractivity (Wildman–Crippen MR) is 67.4 cm³/mol. The molecule has 1 aliphatic heterocycles. The van der Waals surface area contributed by atoms with Crippen molar-refractivity contribution in [2.75, 3.05) is 11.5 Å². The number of carboxylic acids is 1. The first-order valence-electron chi connectivity index (χ1n) is 5.68. The van der Waals surface area contributed by atoms with Crippen LogP contribution in [0.5, 0.6) is 0 Å². The van der Waals surface area contributed by atoms with Crippen LogP contribution in [0.3, 0.4) is 0 Å². The van der Waals surface area contributed by atoms with Crippen molar-refractivity contribution in [3.63, 3.8) is 0 Å². The van der Waals surface area contributed by atoms with Crippen LogP contribution in [0.25, 0.3) is 0 Å². The topological polar surface area (TPSA) is 123 Å². The van der Waals surface area contributed by atoms with Gasteiger partial charge in [0.2, 0.25) is 11.5 Å². The zero-order chi connectivity index (χ0) is 14.2. The SMILES string of the molecule is CC(C)C1SCC(C(=O)O)N1C(=O)c1nonc1N.